The Morgan fingerprint density at radius 3 is 2.45 bits per heavy atom. The van der Waals surface area contributed by atoms with Crippen LogP contribution in [0.4, 0.5) is 0 Å². The Balaban J connectivity index is 2.23. The van der Waals surface area contributed by atoms with Crippen LogP contribution in [0.5, 0.6) is 0 Å². The fourth-order valence-corrected chi connectivity index (χ4v) is 2.89. The van der Waals surface area contributed by atoms with Crippen LogP contribution in [0, 0.1) is 20.8 Å². The van der Waals surface area contributed by atoms with Gasteiger partial charge in [0.05, 0.1) is 5.25 Å². The predicted octanol–water partition coefficient (Wildman–Crippen LogP) is 3.10. The first-order valence-corrected chi connectivity index (χ1v) is 7.41. The highest BCUT2D eigenvalue weighted by Crippen LogP contribution is 2.25. The summed E-state index contributed by atoms with van der Waals surface area (Å²) in [5.74, 6) is 0.138. The van der Waals surface area contributed by atoms with E-state index in [9.17, 15) is 4.79 Å². The van der Waals surface area contributed by atoms with Gasteiger partial charge in [0, 0.05) is 12.6 Å². The zero-order chi connectivity index (χ0) is 14.9. The molecule has 106 valence electrons. The van der Waals surface area contributed by atoms with Gasteiger partial charge in [-0.3, -0.25) is 4.79 Å². The molecule has 2 aromatic rings. The van der Waals surface area contributed by atoms with Crippen LogP contribution >= 0.6 is 11.8 Å². The summed E-state index contributed by atoms with van der Waals surface area (Å²) in [6.07, 6.45) is 1.64. The average molecular weight is 289 g/mol. The number of nitrogens with zero attached hydrogens (tertiary/aromatic N) is 3. The van der Waals surface area contributed by atoms with Crippen molar-refractivity contribution in [3.05, 3.63) is 40.7 Å². The first kappa shape index (κ1) is 14.8. The van der Waals surface area contributed by atoms with Crippen molar-refractivity contribution in [3.63, 3.8) is 0 Å². The molecule has 0 N–H and O–H groups in total. The second-order valence-corrected chi connectivity index (χ2v) is 6.41. The molecule has 0 saturated carbocycles. The maximum Gasteiger partial charge on any atom is 0.191 e. The zero-order valence-corrected chi connectivity index (χ0v) is 13.3. The number of hydrogen-bond donors (Lipinski definition) is 0. The summed E-state index contributed by atoms with van der Waals surface area (Å²) in [6.45, 7) is 8.00. The minimum Gasteiger partial charge on any atom is -0.312 e. The van der Waals surface area contributed by atoms with Crippen molar-refractivity contribution in [2.45, 2.75) is 38.1 Å². The number of aryl methyl sites for hydroxylation is 4. The van der Waals surface area contributed by atoms with Gasteiger partial charge in [0.2, 0.25) is 0 Å². The topological polar surface area (TPSA) is 47.8 Å². The van der Waals surface area contributed by atoms with Gasteiger partial charge in [-0.05, 0) is 50.5 Å². The van der Waals surface area contributed by atoms with E-state index < -0.39 is 0 Å². The standard InChI is InChI=1S/C15H19N3OS/c1-9-6-11(3)13(7-10(9)2)14(19)12(4)20-15-17-16-8-18(15)5/h6-8,12H,1-5H3/t12-/m1/s1. The molecule has 0 aliphatic heterocycles. The zero-order valence-electron chi connectivity index (χ0n) is 12.5. The van der Waals surface area contributed by atoms with E-state index in [1.807, 2.05) is 38.5 Å². The third-order valence-electron chi connectivity index (χ3n) is 3.43. The number of hydrogen-bond acceptors (Lipinski definition) is 4. The van der Waals surface area contributed by atoms with Crippen molar-refractivity contribution in [1.82, 2.24) is 14.8 Å². The Labute approximate surface area is 123 Å². The Bertz CT molecular complexity index is 649. The van der Waals surface area contributed by atoms with Crippen molar-refractivity contribution in [2.75, 3.05) is 0 Å². The molecule has 0 bridgehead atoms. The fraction of sp³-hybridized carbons (Fsp3) is 0.400. The van der Waals surface area contributed by atoms with Crippen molar-refractivity contribution in [2.24, 2.45) is 7.05 Å². The molecule has 5 heteroatoms. The summed E-state index contributed by atoms with van der Waals surface area (Å²) in [6, 6.07) is 4.06. The maximum atomic E-state index is 12.6. The average Bonchev–Trinajstić information content (AvgIpc) is 2.78. The Hall–Kier alpha value is -1.62. The number of Topliss-reactive ketones (excluding diaryl/α,β-unsaturated/α-hetero) is 1. The van der Waals surface area contributed by atoms with Crippen molar-refractivity contribution in [3.8, 4) is 0 Å². The second-order valence-electron chi connectivity index (χ2n) is 5.10. The molecule has 0 radical (unpaired) electrons. The Morgan fingerprint density at radius 2 is 1.85 bits per heavy atom. The summed E-state index contributed by atoms with van der Waals surface area (Å²) in [5.41, 5.74) is 4.20. The lowest BCUT2D eigenvalue weighted by atomic mass is 9.97. The van der Waals surface area contributed by atoms with Crippen LogP contribution in [0.1, 0.15) is 34.0 Å². The number of aromatic nitrogens is 3. The predicted molar refractivity (Wildman–Crippen MR) is 81.3 cm³/mol. The molecule has 2 rings (SSSR count). The summed E-state index contributed by atoms with van der Waals surface area (Å²) in [5, 5.41) is 8.42. The molecule has 4 nitrogen and oxygen atoms in total. The van der Waals surface area contributed by atoms with Gasteiger partial charge in [-0.25, -0.2) is 0 Å². The van der Waals surface area contributed by atoms with Crippen molar-refractivity contribution < 1.29 is 4.79 Å². The molecule has 0 unspecified atom stereocenters. The molecule has 0 fully saturated rings. The summed E-state index contributed by atoms with van der Waals surface area (Å²) >= 11 is 1.44. The number of carbonyl (C=O) groups is 1. The molecule has 0 aliphatic carbocycles. The van der Waals surface area contributed by atoms with Crippen LogP contribution < -0.4 is 0 Å². The van der Waals surface area contributed by atoms with E-state index in [4.69, 9.17) is 0 Å². The molecule has 20 heavy (non-hydrogen) atoms. The second kappa shape index (κ2) is 5.79. The maximum absolute atomic E-state index is 12.6. The number of benzene rings is 1. The van der Waals surface area contributed by atoms with E-state index in [-0.39, 0.29) is 11.0 Å². The van der Waals surface area contributed by atoms with Crippen LogP contribution in [-0.4, -0.2) is 25.8 Å². The van der Waals surface area contributed by atoms with E-state index in [0.717, 1.165) is 21.8 Å². The number of thioether (sulfide) groups is 1. The third-order valence-corrected chi connectivity index (χ3v) is 4.58. The van der Waals surface area contributed by atoms with Gasteiger partial charge < -0.3 is 4.57 Å². The number of ketones is 1. The van der Waals surface area contributed by atoms with E-state index in [0.29, 0.717) is 0 Å². The van der Waals surface area contributed by atoms with Crippen LogP contribution in [0.25, 0.3) is 0 Å². The minimum atomic E-state index is -0.182. The normalized spacial score (nSPS) is 12.4. The van der Waals surface area contributed by atoms with Crippen LogP contribution in [0.15, 0.2) is 23.6 Å². The quantitative estimate of drug-likeness (QED) is 0.641. The molecular weight excluding hydrogens is 270 g/mol. The van der Waals surface area contributed by atoms with Gasteiger partial charge in [0.1, 0.15) is 6.33 Å². The van der Waals surface area contributed by atoms with Crippen LogP contribution in [0.2, 0.25) is 0 Å². The molecule has 1 atom stereocenters. The summed E-state index contributed by atoms with van der Waals surface area (Å²) < 4.78 is 1.82. The summed E-state index contributed by atoms with van der Waals surface area (Å²) in [4.78, 5) is 12.6. The number of carbonyl (C=O) groups excluding carboxylic acids is 1. The lowest BCUT2D eigenvalue weighted by molar-refractivity contribution is 0.0993. The molecule has 0 aliphatic rings. The van der Waals surface area contributed by atoms with Crippen LogP contribution in [0.3, 0.4) is 0 Å². The van der Waals surface area contributed by atoms with E-state index in [2.05, 4.69) is 23.2 Å². The van der Waals surface area contributed by atoms with Crippen LogP contribution in [-0.2, 0) is 7.05 Å². The molecule has 1 aromatic heterocycles. The van der Waals surface area contributed by atoms with Crippen molar-refractivity contribution >= 4 is 17.5 Å². The molecule has 0 spiro atoms. The molecule has 0 amide bonds. The number of rotatable bonds is 4. The minimum absolute atomic E-state index is 0.138. The van der Waals surface area contributed by atoms with E-state index >= 15 is 0 Å². The molecule has 1 aromatic carbocycles. The largest absolute Gasteiger partial charge is 0.312 e. The monoisotopic (exact) mass is 289 g/mol. The SMILES string of the molecule is Cc1cc(C)c(C(=O)[C@@H](C)Sc2nncn2C)cc1C. The first-order valence-electron chi connectivity index (χ1n) is 6.53. The highest BCUT2D eigenvalue weighted by molar-refractivity contribution is 8.00. The van der Waals surface area contributed by atoms with Gasteiger partial charge in [-0.2, -0.15) is 0 Å². The van der Waals surface area contributed by atoms with Gasteiger partial charge in [-0.15, -0.1) is 10.2 Å². The van der Waals surface area contributed by atoms with Gasteiger partial charge in [0.15, 0.2) is 10.9 Å². The molecule has 1 heterocycles. The Morgan fingerprint density at radius 1 is 1.20 bits per heavy atom. The Kier molecular flexibility index (Phi) is 4.28. The molecule has 0 saturated heterocycles. The van der Waals surface area contributed by atoms with Gasteiger partial charge >= 0.3 is 0 Å². The lowest BCUT2D eigenvalue weighted by Crippen LogP contribution is -2.16. The van der Waals surface area contributed by atoms with E-state index in [1.54, 1.807) is 6.33 Å². The van der Waals surface area contributed by atoms with E-state index in [1.165, 1.54) is 17.3 Å². The van der Waals surface area contributed by atoms with Gasteiger partial charge in [0.25, 0.3) is 0 Å². The highest BCUT2D eigenvalue weighted by Gasteiger charge is 2.20. The molecular formula is C15H19N3OS. The third kappa shape index (κ3) is 2.93. The van der Waals surface area contributed by atoms with Gasteiger partial charge in [-0.1, -0.05) is 17.8 Å². The fourth-order valence-electron chi connectivity index (χ4n) is 2.04. The lowest BCUT2D eigenvalue weighted by Gasteiger charge is -2.13. The summed E-state index contributed by atoms with van der Waals surface area (Å²) in [7, 11) is 1.88. The highest BCUT2D eigenvalue weighted by atomic mass is 32.2. The first-order chi connectivity index (χ1) is 9.40. The smallest absolute Gasteiger partial charge is 0.191 e. The van der Waals surface area contributed by atoms with Crippen molar-refractivity contribution in [1.29, 1.82) is 0 Å².